The van der Waals surface area contributed by atoms with Gasteiger partial charge in [0.1, 0.15) is 0 Å². The fraction of sp³-hybridized carbons (Fsp3) is 0.667. The number of likely N-dealkylation sites (tertiary alicyclic amines) is 1. The summed E-state index contributed by atoms with van der Waals surface area (Å²) in [5, 5.41) is 3.52. The Bertz CT molecular complexity index is 351. The third-order valence-electron chi connectivity index (χ3n) is 4.47. The van der Waals surface area contributed by atoms with Gasteiger partial charge in [-0.3, -0.25) is 9.88 Å². The maximum Gasteiger partial charge on any atom is 0.0302 e. The molecule has 0 radical (unpaired) electrons. The third kappa shape index (κ3) is 2.73. The maximum atomic E-state index is 4.25. The van der Waals surface area contributed by atoms with Crippen LogP contribution in [0.1, 0.15) is 37.2 Å². The molecule has 0 aromatic carbocycles. The van der Waals surface area contributed by atoms with Crippen LogP contribution in [0.3, 0.4) is 0 Å². The van der Waals surface area contributed by atoms with Gasteiger partial charge in [-0.15, -0.1) is 0 Å². The minimum atomic E-state index is 0.728. The van der Waals surface area contributed by atoms with Gasteiger partial charge in [-0.2, -0.15) is 0 Å². The monoisotopic (exact) mass is 245 g/mol. The average Bonchev–Trinajstić information content (AvgIpc) is 2.49. The number of nitrogens with one attached hydrogen (secondary N) is 1. The van der Waals surface area contributed by atoms with Crippen molar-refractivity contribution < 1.29 is 0 Å². The van der Waals surface area contributed by atoms with Crippen molar-refractivity contribution in [2.24, 2.45) is 0 Å². The molecule has 2 saturated heterocycles. The number of nitrogens with zero attached hydrogens (tertiary/aromatic N) is 2. The molecule has 1 N–H and O–H groups in total. The topological polar surface area (TPSA) is 28.2 Å². The van der Waals surface area contributed by atoms with E-state index in [1.54, 1.807) is 0 Å². The Morgan fingerprint density at radius 2 is 2.11 bits per heavy atom. The van der Waals surface area contributed by atoms with Crippen LogP contribution in [0.2, 0.25) is 0 Å². The average molecular weight is 245 g/mol. The van der Waals surface area contributed by atoms with Crippen LogP contribution in [-0.4, -0.2) is 42.1 Å². The summed E-state index contributed by atoms with van der Waals surface area (Å²) < 4.78 is 0. The quantitative estimate of drug-likeness (QED) is 0.864. The molecule has 1 aromatic rings. The lowest BCUT2D eigenvalue weighted by Crippen LogP contribution is -2.48. The predicted octanol–water partition coefficient (Wildman–Crippen LogP) is 2.01. The maximum absolute atomic E-state index is 4.25. The molecule has 18 heavy (non-hydrogen) atoms. The van der Waals surface area contributed by atoms with Crippen molar-refractivity contribution in [3.8, 4) is 0 Å². The van der Waals surface area contributed by atoms with Gasteiger partial charge in [0, 0.05) is 25.0 Å². The van der Waals surface area contributed by atoms with Crippen LogP contribution in [-0.2, 0) is 0 Å². The van der Waals surface area contributed by atoms with E-state index in [1.807, 2.05) is 12.4 Å². The smallest absolute Gasteiger partial charge is 0.0302 e. The molecule has 98 valence electrons. The molecule has 0 amide bonds. The van der Waals surface area contributed by atoms with Crippen molar-refractivity contribution in [3.63, 3.8) is 0 Å². The van der Waals surface area contributed by atoms with Gasteiger partial charge in [0.05, 0.1) is 0 Å². The van der Waals surface area contributed by atoms with Gasteiger partial charge in [-0.25, -0.2) is 0 Å². The molecular weight excluding hydrogens is 222 g/mol. The molecule has 2 aliphatic heterocycles. The summed E-state index contributed by atoms with van der Waals surface area (Å²) in [4.78, 5) is 6.94. The second-order valence-corrected chi connectivity index (χ2v) is 5.60. The number of rotatable bonds is 2. The highest BCUT2D eigenvalue weighted by atomic mass is 15.2. The Hall–Kier alpha value is -0.930. The first-order valence-corrected chi connectivity index (χ1v) is 7.28. The van der Waals surface area contributed by atoms with Gasteiger partial charge in [0.2, 0.25) is 0 Å². The van der Waals surface area contributed by atoms with E-state index in [-0.39, 0.29) is 0 Å². The van der Waals surface area contributed by atoms with Gasteiger partial charge in [0.25, 0.3) is 0 Å². The Labute approximate surface area is 110 Å². The Morgan fingerprint density at radius 3 is 2.78 bits per heavy atom. The molecule has 0 aliphatic carbocycles. The Morgan fingerprint density at radius 1 is 1.22 bits per heavy atom. The second kappa shape index (κ2) is 5.81. The summed E-state index contributed by atoms with van der Waals surface area (Å²) in [7, 11) is 0. The zero-order valence-electron chi connectivity index (χ0n) is 11.0. The van der Waals surface area contributed by atoms with Gasteiger partial charge >= 0.3 is 0 Å². The highest BCUT2D eigenvalue weighted by Gasteiger charge is 2.26. The van der Waals surface area contributed by atoms with Crippen molar-refractivity contribution in [2.45, 2.75) is 37.6 Å². The van der Waals surface area contributed by atoms with Crippen molar-refractivity contribution in [2.75, 3.05) is 26.2 Å². The minimum Gasteiger partial charge on any atom is -0.315 e. The molecule has 3 heteroatoms. The van der Waals surface area contributed by atoms with E-state index in [2.05, 4.69) is 27.3 Å². The SMILES string of the molecule is c1cncc(C2CCN(C3CCCNC3)CC2)c1. The molecule has 1 aromatic heterocycles. The zero-order chi connectivity index (χ0) is 12.2. The molecule has 1 atom stereocenters. The van der Waals surface area contributed by atoms with E-state index in [4.69, 9.17) is 0 Å². The minimum absolute atomic E-state index is 0.728. The molecule has 2 aliphatic rings. The summed E-state index contributed by atoms with van der Waals surface area (Å²) in [5.74, 6) is 0.728. The summed E-state index contributed by atoms with van der Waals surface area (Å²) >= 11 is 0. The number of hydrogen-bond donors (Lipinski definition) is 1. The lowest BCUT2D eigenvalue weighted by atomic mass is 9.89. The number of pyridine rings is 1. The lowest BCUT2D eigenvalue weighted by molar-refractivity contribution is 0.130. The van der Waals surface area contributed by atoms with Gasteiger partial charge in [0.15, 0.2) is 0 Å². The van der Waals surface area contributed by atoms with Crippen LogP contribution in [0.15, 0.2) is 24.5 Å². The van der Waals surface area contributed by atoms with Crippen LogP contribution in [0.25, 0.3) is 0 Å². The summed E-state index contributed by atoms with van der Waals surface area (Å²) in [6.07, 6.45) is 9.22. The molecule has 3 nitrogen and oxygen atoms in total. The van der Waals surface area contributed by atoms with Gasteiger partial charge in [-0.05, 0) is 62.9 Å². The molecule has 0 saturated carbocycles. The van der Waals surface area contributed by atoms with Crippen LogP contribution < -0.4 is 5.32 Å². The number of piperidine rings is 2. The second-order valence-electron chi connectivity index (χ2n) is 5.60. The van der Waals surface area contributed by atoms with E-state index in [0.717, 1.165) is 12.0 Å². The molecule has 3 rings (SSSR count). The van der Waals surface area contributed by atoms with Crippen molar-refractivity contribution in [1.29, 1.82) is 0 Å². The van der Waals surface area contributed by atoms with Crippen molar-refractivity contribution >= 4 is 0 Å². The van der Waals surface area contributed by atoms with E-state index in [1.165, 1.54) is 57.4 Å². The van der Waals surface area contributed by atoms with Crippen LogP contribution in [0.5, 0.6) is 0 Å². The zero-order valence-corrected chi connectivity index (χ0v) is 11.0. The molecule has 0 spiro atoms. The van der Waals surface area contributed by atoms with Crippen LogP contribution in [0.4, 0.5) is 0 Å². The highest BCUT2D eigenvalue weighted by molar-refractivity contribution is 5.15. The van der Waals surface area contributed by atoms with Gasteiger partial charge in [-0.1, -0.05) is 6.07 Å². The summed E-state index contributed by atoms with van der Waals surface area (Å²) in [5.41, 5.74) is 1.43. The van der Waals surface area contributed by atoms with Crippen LogP contribution in [0, 0.1) is 0 Å². The fourth-order valence-corrected chi connectivity index (χ4v) is 3.36. The first-order chi connectivity index (χ1) is 8.93. The third-order valence-corrected chi connectivity index (χ3v) is 4.47. The number of aromatic nitrogens is 1. The molecule has 1 unspecified atom stereocenters. The number of hydrogen-bond acceptors (Lipinski definition) is 3. The largest absolute Gasteiger partial charge is 0.315 e. The fourth-order valence-electron chi connectivity index (χ4n) is 3.36. The van der Waals surface area contributed by atoms with Crippen molar-refractivity contribution in [1.82, 2.24) is 15.2 Å². The normalized spacial score (nSPS) is 27.2. The molecule has 2 fully saturated rings. The highest BCUT2D eigenvalue weighted by Crippen LogP contribution is 2.29. The first kappa shape index (κ1) is 12.1. The lowest BCUT2D eigenvalue weighted by Gasteiger charge is -2.39. The standard InChI is InChI=1S/C15H23N3/c1-3-14(11-16-7-1)13-5-9-18(10-6-13)15-4-2-8-17-12-15/h1,3,7,11,13,15,17H,2,4-6,8-10,12H2. The van der Waals surface area contributed by atoms with Crippen molar-refractivity contribution in [3.05, 3.63) is 30.1 Å². The van der Waals surface area contributed by atoms with E-state index >= 15 is 0 Å². The van der Waals surface area contributed by atoms with E-state index in [0.29, 0.717) is 0 Å². The predicted molar refractivity (Wildman–Crippen MR) is 73.7 cm³/mol. The Kier molecular flexibility index (Phi) is 3.91. The molecule has 3 heterocycles. The van der Waals surface area contributed by atoms with E-state index in [9.17, 15) is 0 Å². The molecule has 0 bridgehead atoms. The van der Waals surface area contributed by atoms with Gasteiger partial charge < -0.3 is 5.32 Å². The van der Waals surface area contributed by atoms with Crippen LogP contribution >= 0.6 is 0 Å². The van der Waals surface area contributed by atoms with E-state index < -0.39 is 0 Å². The Balaban J connectivity index is 1.54. The summed E-state index contributed by atoms with van der Waals surface area (Å²) in [6, 6.07) is 5.08. The molecular formula is C15H23N3. The first-order valence-electron chi connectivity index (χ1n) is 7.28. The summed E-state index contributed by atoms with van der Waals surface area (Å²) in [6.45, 7) is 4.91.